The van der Waals surface area contributed by atoms with E-state index >= 15 is 4.39 Å². The number of carbonyl (C=O) groups excluding carboxylic acids is 1. The van der Waals surface area contributed by atoms with Gasteiger partial charge in [-0.2, -0.15) is 9.97 Å². The van der Waals surface area contributed by atoms with Crippen molar-refractivity contribution in [3.05, 3.63) is 42.2 Å². The summed E-state index contributed by atoms with van der Waals surface area (Å²) >= 11 is 0. The van der Waals surface area contributed by atoms with Gasteiger partial charge in [0.1, 0.15) is 12.2 Å². The van der Waals surface area contributed by atoms with Crippen LogP contribution in [-0.4, -0.2) is 70.6 Å². The van der Waals surface area contributed by atoms with Crippen LogP contribution in [0.3, 0.4) is 0 Å². The minimum Gasteiger partial charge on any atom is -0.462 e. The summed E-state index contributed by atoms with van der Waals surface area (Å²) in [4.78, 5) is 26.9. The van der Waals surface area contributed by atoms with Gasteiger partial charge in [-0.05, 0) is 26.3 Å². The number of anilines is 2. The van der Waals surface area contributed by atoms with Gasteiger partial charge in [-0.1, -0.05) is 30.3 Å². The molecule has 0 aliphatic carbocycles. The summed E-state index contributed by atoms with van der Waals surface area (Å²) < 4.78 is 47.7. The number of hydrogen-bond acceptors (Lipinski definition) is 10. The van der Waals surface area contributed by atoms with Gasteiger partial charge in [-0.15, -0.1) is 0 Å². The number of esters is 1. The van der Waals surface area contributed by atoms with Crippen molar-refractivity contribution in [2.45, 2.75) is 64.0 Å². The van der Waals surface area contributed by atoms with Crippen LogP contribution in [0.4, 0.5) is 16.2 Å². The maximum absolute atomic E-state index is 15.2. The maximum Gasteiger partial charge on any atom is 0.323 e. The largest absolute Gasteiger partial charge is 0.462 e. The molecule has 4 rings (SSSR count). The van der Waals surface area contributed by atoms with Crippen molar-refractivity contribution >= 4 is 36.4 Å². The number of ether oxygens (including phenoxy) is 2. The zero-order chi connectivity index (χ0) is 28.3. The summed E-state index contributed by atoms with van der Waals surface area (Å²) in [6.45, 7) is 4.87. The Morgan fingerprint density at radius 1 is 1.28 bits per heavy atom. The third-order valence-electron chi connectivity index (χ3n) is 6.05. The van der Waals surface area contributed by atoms with Crippen molar-refractivity contribution in [1.29, 1.82) is 0 Å². The molecular formula is C25H35FN7O5P. The van der Waals surface area contributed by atoms with E-state index in [1.807, 2.05) is 30.3 Å². The Morgan fingerprint density at radius 3 is 2.67 bits per heavy atom. The lowest BCUT2D eigenvalue weighted by molar-refractivity contribution is -0.149. The molecule has 3 N–H and O–H groups in total. The number of nitrogens with two attached hydrogens (primary N) is 1. The topological polar surface area (TPSA) is 147 Å². The minimum atomic E-state index is -3.63. The second-order valence-corrected chi connectivity index (χ2v) is 12.2. The van der Waals surface area contributed by atoms with Crippen LogP contribution >= 0.6 is 7.52 Å². The molecule has 1 unspecified atom stereocenters. The average Bonchev–Trinajstić information content (AvgIpc) is 3.45. The van der Waals surface area contributed by atoms with E-state index in [-0.39, 0.29) is 31.2 Å². The number of alkyl halides is 1. The summed E-state index contributed by atoms with van der Waals surface area (Å²) in [5.41, 5.74) is 7.44. The minimum absolute atomic E-state index is 0.00171. The summed E-state index contributed by atoms with van der Waals surface area (Å²) in [6, 6.07) is 8.23. The first-order valence-corrected chi connectivity index (χ1v) is 14.5. The summed E-state index contributed by atoms with van der Waals surface area (Å²) in [6.07, 6.45) is -2.00. The first kappa shape index (κ1) is 28.9. The molecular weight excluding hydrogens is 528 g/mol. The van der Waals surface area contributed by atoms with E-state index in [0.29, 0.717) is 17.0 Å². The first-order valence-electron chi connectivity index (χ1n) is 12.7. The Kier molecular flexibility index (Phi) is 8.85. The highest BCUT2D eigenvalue weighted by Gasteiger charge is 2.40. The van der Waals surface area contributed by atoms with Crippen LogP contribution in [-0.2, 0) is 29.5 Å². The smallest absolute Gasteiger partial charge is 0.323 e. The van der Waals surface area contributed by atoms with Gasteiger partial charge in [0.2, 0.25) is 5.95 Å². The van der Waals surface area contributed by atoms with E-state index in [0.717, 1.165) is 5.56 Å². The van der Waals surface area contributed by atoms with Crippen LogP contribution in [0.15, 0.2) is 36.7 Å². The zero-order valence-corrected chi connectivity index (χ0v) is 23.5. The van der Waals surface area contributed by atoms with Crippen molar-refractivity contribution in [1.82, 2.24) is 24.6 Å². The molecule has 3 aromatic rings. The normalized spacial score (nSPS) is 21.7. The van der Waals surface area contributed by atoms with Crippen molar-refractivity contribution < 1.29 is 27.7 Å². The number of carbonyl (C=O) groups is 1. The van der Waals surface area contributed by atoms with Crippen LogP contribution in [0.2, 0.25) is 0 Å². The first-order chi connectivity index (χ1) is 18.5. The fourth-order valence-electron chi connectivity index (χ4n) is 4.31. The number of hydrogen-bond donors (Lipinski definition) is 2. The Morgan fingerprint density at radius 2 is 2.00 bits per heavy atom. The second kappa shape index (κ2) is 12.0. The number of fused-ring (bicyclic) bond motifs is 1. The molecule has 1 aliphatic heterocycles. The Balaban J connectivity index is 1.49. The average molecular weight is 564 g/mol. The molecule has 1 saturated heterocycles. The summed E-state index contributed by atoms with van der Waals surface area (Å²) in [5, 5.41) is 2.83. The van der Waals surface area contributed by atoms with E-state index in [4.69, 9.17) is 19.7 Å². The number of rotatable bonds is 11. The zero-order valence-electron chi connectivity index (χ0n) is 22.7. The van der Waals surface area contributed by atoms with E-state index < -0.39 is 38.0 Å². The predicted molar refractivity (Wildman–Crippen MR) is 145 cm³/mol. The molecule has 1 fully saturated rings. The number of benzene rings is 1. The van der Waals surface area contributed by atoms with E-state index in [1.54, 1.807) is 39.8 Å². The molecule has 0 radical (unpaired) electrons. The highest BCUT2D eigenvalue weighted by Crippen LogP contribution is 2.48. The van der Waals surface area contributed by atoms with Crippen LogP contribution in [0, 0.1) is 0 Å². The van der Waals surface area contributed by atoms with Gasteiger partial charge >= 0.3 is 5.97 Å². The number of halogens is 1. The molecule has 0 bridgehead atoms. The molecule has 212 valence electrons. The lowest BCUT2D eigenvalue weighted by Gasteiger charge is -2.25. The fraction of sp³-hybridized carbons (Fsp3) is 0.520. The molecule has 1 aromatic carbocycles. The van der Waals surface area contributed by atoms with Crippen molar-refractivity contribution in [3.63, 3.8) is 0 Å². The fourth-order valence-corrected chi connectivity index (χ4v) is 6.36. The molecule has 12 nitrogen and oxygen atoms in total. The Labute approximate surface area is 226 Å². The lowest BCUT2D eigenvalue weighted by atomic mass is 10.2. The van der Waals surface area contributed by atoms with Crippen molar-refractivity contribution in [2.75, 3.05) is 31.3 Å². The molecule has 2 aromatic heterocycles. The number of aromatic nitrogens is 4. The monoisotopic (exact) mass is 563 g/mol. The third-order valence-corrected chi connectivity index (χ3v) is 8.17. The van der Waals surface area contributed by atoms with E-state index in [1.165, 1.54) is 10.9 Å². The molecule has 5 atom stereocenters. The second-order valence-electron chi connectivity index (χ2n) is 9.97. The maximum atomic E-state index is 15.2. The molecule has 3 heterocycles. The van der Waals surface area contributed by atoms with Gasteiger partial charge in [0.15, 0.2) is 23.2 Å². The standard InChI is InChI=1S/C25H35FN7O5P/c1-15(2)37-24(34)16(3)31-39(35,13-17-9-7-6-8-10-17)36-12-18-11-19(26)23(38-18)33-14-28-20-21(32(4)5)29-25(27)30-22(20)33/h6-10,14-16,18-19,23H,11-13H2,1-5H3,(H,31,35)(H2,27,29,30)/t16-,18+,19+,23-,39?/m1/s1. The lowest BCUT2D eigenvalue weighted by Crippen LogP contribution is -2.36. The van der Waals surface area contributed by atoms with Crippen LogP contribution < -0.4 is 15.7 Å². The van der Waals surface area contributed by atoms with Crippen LogP contribution in [0.25, 0.3) is 11.2 Å². The third kappa shape index (κ3) is 6.91. The molecule has 0 spiro atoms. The SMILES string of the molecule is CC(C)OC(=O)[C@@H](C)NP(=O)(Cc1ccccc1)OC[C@@H]1C[C@H](F)[C@H](n2cnc3c(N(C)C)nc(N)nc32)O1. The van der Waals surface area contributed by atoms with Crippen molar-refractivity contribution in [3.8, 4) is 0 Å². The highest BCUT2D eigenvalue weighted by atomic mass is 31.2. The Hall–Kier alpha value is -3.12. The van der Waals surface area contributed by atoms with Gasteiger partial charge in [0.05, 0.1) is 31.3 Å². The number of imidazole rings is 1. The molecule has 14 heteroatoms. The Bertz CT molecular complexity index is 1340. The van der Waals surface area contributed by atoms with Gasteiger partial charge in [0.25, 0.3) is 7.52 Å². The molecule has 39 heavy (non-hydrogen) atoms. The molecule has 0 amide bonds. The highest BCUT2D eigenvalue weighted by molar-refractivity contribution is 7.56. The van der Waals surface area contributed by atoms with E-state index in [2.05, 4.69) is 20.0 Å². The number of nitrogen functional groups attached to an aromatic ring is 1. The van der Waals surface area contributed by atoms with Crippen LogP contribution in [0.5, 0.6) is 0 Å². The number of nitrogens with zero attached hydrogens (tertiary/aromatic N) is 5. The quantitative estimate of drug-likeness (QED) is 0.261. The summed E-state index contributed by atoms with van der Waals surface area (Å²) in [7, 11) is -0.0362. The van der Waals surface area contributed by atoms with Gasteiger partial charge in [-0.3, -0.25) is 13.9 Å². The van der Waals surface area contributed by atoms with E-state index in [9.17, 15) is 9.36 Å². The van der Waals surface area contributed by atoms with Gasteiger partial charge in [-0.25, -0.2) is 14.5 Å². The summed E-state index contributed by atoms with van der Waals surface area (Å²) in [5.74, 6) is -0.0184. The van der Waals surface area contributed by atoms with Crippen LogP contribution in [0.1, 0.15) is 39.0 Å². The van der Waals surface area contributed by atoms with Gasteiger partial charge in [0, 0.05) is 20.5 Å². The predicted octanol–water partition coefficient (Wildman–Crippen LogP) is 3.44. The van der Waals surface area contributed by atoms with Crippen molar-refractivity contribution in [2.24, 2.45) is 0 Å². The number of nitrogens with one attached hydrogen (secondary N) is 1. The molecule has 0 saturated carbocycles. The van der Waals surface area contributed by atoms with Gasteiger partial charge < -0.3 is 24.6 Å². The molecule has 1 aliphatic rings.